The van der Waals surface area contributed by atoms with E-state index in [9.17, 15) is 9.59 Å². The Morgan fingerprint density at radius 2 is 1.90 bits per heavy atom. The van der Waals surface area contributed by atoms with Crippen LogP contribution in [0.25, 0.3) is 0 Å². The van der Waals surface area contributed by atoms with Crippen molar-refractivity contribution in [2.24, 2.45) is 5.92 Å². The summed E-state index contributed by atoms with van der Waals surface area (Å²) in [5.74, 6) is -0.282. The lowest BCUT2D eigenvalue weighted by atomic mass is 9.75. The number of halogens is 2. The Kier molecular flexibility index (Phi) is 5.63. The number of ether oxygens (including phenoxy) is 2. The fraction of sp³-hybridized carbons (Fsp3) is 0.350. The smallest absolute Gasteiger partial charge is 0.412 e. The van der Waals surface area contributed by atoms with Gasteiger partial charge in [-0.1, -0.05) is 23.2 Å². The van der Waals surface area contributed by atoms with Crippen molar-refractivity contribution in [2.45, 2.75) is 31.0 Å². The summed E-state index contributed by atoms with van der Waals surface area (Å²) in [4.78, 5) is 28.7. The molecule has 2 aliphatic heterocycles. The van der Waals surface area contributed by atoms with Gasteiger partial charge in [-0.25, -0.2) is 9.78 Å². The van der Waals surface area contributed by atoms with Gasteiger partial charge in [-0.2, -0.15) is 0 Å². The van der Waals surface area contributed by atoms with Gasteiger partial charge in [-0.15, -0.1) is 0 Å². The van der Waals surface area contributed by atoms with Gasteiger partial charge in [0.2, 0.25) is 5.91 Å². The van der Waals surface area contributed by atoms with Crippen molar-refractivity contribution < 1.29 is 19.1 Å². The van der Waals surface area contributed by atoms with Gasteiger partial charge in [0.1, 0.15) is 5.82 Å². The van der Waals surface area contributed by atoms with Gasteiger partial charge >= 0.3 is 6.09 Å². The van der Waals surface area contributed by atoms with Crippen LogP contribution in [0.2, 0.25) is 10.0 Å². The maximum atomic E-state index is 13.1. The SMILES string of the molecule is COC(=O)Nc1cc([C@@H]2[C@@H](C(=O)Nc3ccc(Cl)c(Cl)c3)[C@H]3CC[C@@H]2O3)ccn1. The van der Waals surface area contributed by atoms with E-state index >= 15 is 0 Å². The Morgan fingerprint density at radius 3 is 2.66 bits per heavy atom. The molecule has 152 valence electrons. The van der Waals surface area contributed by atoms with Gasteiger partial charge in [-0.05, 0) is 48.7 Å². The van der Waals surface area contributed by atoms with Crippen molar-refractivity contribution in [3.8, 4) is 0 Å². The van der Waals surface area contributed by atoms with Crippen LogP contribution < -0.4 is 10.6 Å². The lowest BCUT2D eigenvalue weighted by molar-refractivity contribution is -0.121. The Labute approximate surface area is 177 Å². The summed E-state index contributed by atoms with van der Waals surface area (Å²) in [5.41, 5.74) is 1.46. The second kappa shape index (κ2) is 8.18. The Balaban J connectivity index is 1.57. The Hall–Kier alpha value is -2.35. The average Bonchev–Trinajstić information content (AvgIpc) is 3.32. The lowest BCUT2D eigenvalue weighted by Crippen LogP contribution is -2.36. The molecule has 2 amide bonds. The van der Waals surface area contributed by atoms with E-state index < -0.39 is 6.09 Å². The largest absolute Gasteiger partial charge is 0.453 e. The van der Waals surface area contributed by atoms with Crippen LogP contribution in [0.5, 0.6) is 0 Å². The van der Waals surface area contributed by atoms with Crippen LogP contribution in [-0.2, 0) is 14.3 Å². The molecule has 2 bridgehead atoms. The first kappa shape index (κ1) is 19.9. The van der Waals surface area contributed by atoms with Crippen LogP contribution in [0.3, 0.4) is 0 Å². The first-order chi connectivity index (χ1) is 14.0. The first-order valence-electron chi connectivity index (χ1n) is 9.18. The van der Waals surface area contributed by atoms with Crippen LogP contribution in [0.15, 0.2) is 36.5 Å². The average molecular weight is 436 g/mol. The van der Waals surface area contributed by atoms with Gasteiger partial charge in [0.15, 0.2) is 0 Å². The van der Waals surface area contributed by atoms with Crippen molar-refractivity contribution >= 4 is 46.7 Å². The molecule has 0 aliphatic carbocycles. The van der Waals surface area contributed by atoms with Crippen LogP contribution in [0, 0.1) is 5.92 Å². The molecule has 4 atom stereocenters. The Bertz CT molecular complexity index is 955. The number of anilines is 2. The highest BCUT2D eigenvalue weighted by Gasteiger charge is 2.52. The van der Waals surface area contributed by atoms with Gasteiger partial charge in [0, 0.05) is 17.8 Å². The van der Waals surface area contributed by atoms with E-state index in [4.69, 9.17) is 27.9 Å². The number of nitrogens with zero attached hydrogens (tertiary/aromatic N) is 1. The second-order valence-electron chi connectivity index (χ2n) is 7.05. The zero-order valence-corrected chi connectivity index (χ0v) is 17.0. The number of carbonyl (C=O) groups is 2. The molecule has 0 radical (unpaired) electrons. The third kappa shape index (κ3) is 4.03. The van der Waals surface area contributed by atoms with Crippen LogP contribution in [0.4, 0.5) is 16.3 Å². The molecule has 2 saturated heterocycles. The molecule has 0 saturated carbocycles. The molecular formula is C20H19Cl2N3O4. The third-order valence-corrected chi connectivity index (χ3v) is 6.09. The fourth-order valence-corrected chi connectivity index (χ4v) is 4.41. The zero-order valence-electron chi connectivity index (χ0n) is 15.5. The predicted molar refractivity (Wildman–Crippen MR) is 109 cm³/mol. The highest BCUT2D eigenvalue weighted by molar-refractivity contribution is 6.42. The molecule has 1 aromatic heterocycles. The minimum atomic E-state index is -0.604. The van der Waals surface area contributed by atoms with Crippen LogP contribution in [-0.4, -0.2) is 36.3 Å². The first-order valence-corrected chi connectivity index (χ1v) is 9.94. The van der Waals surface area contributed by atoms with Gasteiger partial charge in [-0.3, -0.25) is 10.1 Å². The van der Waals surface area contributed by atoms with E-state index in [1.807, 2.05) is 6.07 Å². The standard InChI is InChI=1S/C20H19Cl2N3O4/c1-28-20(27)25-16-8-10(6-7-23-16)17-14-4-5-15(29-14)18(17)19(26)24-11-2-3-12(21)13(22)9-11/h2-3,6-9,14-15,17-18H,4-5H2,1H3,(H,24,26)(H,23,25,27)/t14-,15+,17-,18-/m0/s1. The van der Waals surface area contributed by atoms with Crippen molar-refractivity contribution in [1.82, 2.24) is 4.98 Å². The van der Waals surface area contributed by atoms with Gasteiger partial charge < -0.3 is 14.8 Å². The second-order valence-corrected chi connectivity index (χ2v) is 7.87. The number of fused-ring (bicyclic) bond motifs is 2. The van der Waals surface area contributed by atoms with Crippen LogP contribution in [0.1, 0.15) is 24.3 Å². The minimum Gasteiger partial charge on any atom is -0.453 e. The van der Waals surface area contributed by atoms with Crippen LogP contribution >= 0.6 is 23.2 Å². The summed E-state index contributed by atoms with van der Waals surface area (Å²) in [6.07, 6.45) is 2.50. The molecule has 9 heteroatoms. The van der Waals surface area contributed by atoms with Gasteiger partial charge in [0.25, 0.3) is 0 Å². The predicted octanol–water partition coefficient (Wildman–Crippen LogP) is 4.47. The zero-order chi connectivity index (χ0) is 20.5. The number of hydrogen-bond donors (Lipinski definition) is 2. The maximum Gasteiger partial charge on any atom is 0.412 e. The number of aromatic nitrogens is 1. The summed E-state index contributed by atoms with van der Waals surface area (Å²) in [5, 5.41) is 6.28. The normalized spacial score (nSPS) is 24.9. The summed E-state index contributed by atoms with van der Waals surface area (Å²) < 4.78 is 10.7. The monoisotopic (exact) mass is 435 g/mol. The number of carbonyl (C=O) groups excluding carboxylic acids is 2. The number of methoxy groups -OCH3 is 1. The van der Waals surface area contributed by atoms with Gasteiger partial charge in [0.05, 0.1) is 35.3 Å². The fourth-order valence-electron chi connectivity index (χ4n) is 4.11. The molecule has 29 heavy (non-hydrogen) atoms. The van der Waals surface area contributed by atoms with E-state index in [0.29, 0.717) is 21.6 Å². The van der Waals surface area contributed by atoms with E-state index in [1.165, 1.54) is 7.11 Å². The summed E-state index contributed by atoms with van der Waals surface area (Å²) in [6, 6.07) is 8.57. The molecule has 0 spiro atoms. The summed E-state index contributed by atoms with van der Waals surface area (Å²) in [7, 11) is 1.28. The van der Waals surface area contributed by atoms with E-state index in [0.717, 1.165) is 18.4 Å². The molecular weight excluding hydrogens is 417 g/mol. The summed E-state index contributed by atoms with van der Waals surface area (Å²) >= 11 is 12.0. The quantitative estimate of drug-likeness (QED) is 0.739. The van der Waals surface area contributed by atoms with E-state index in [-0.39, 0.29) is 30.0 Å². The Morgan fingerprint density at radius 1 is 1.10 bits per heavy atom. The topological polar surface area (TPSA) is 89.5 Å². The van der Waals surface area contributed by atoms with Crippen molar-refractivity contribution in [3.05, 3.63) is 52.1 Å². The highest BCUT2D eigenvalue weighted by Crippen LogP contribution is 2.49. The maximum absolute atomic E-state index is 13.1. The molecule has 3 heterocycles. The molecule has 2 aromatic rings. The minimum absolute atomic E-state index is 0.0575. The van der Waals surface area contributed by atoms with Crippen molar-refractivity contribution in [3.63, 3.8) is 0 Å². The molecule has 1 aromatic carbocycles. The number of nitrogens with one attached hydrogen (secondary N) is 2. The third-order valence-electron chi connectivity index (χ3n) is 5.35. The number of hydrogen-bond acceptors (Lipinski definition) is 5. The molecule has 2 N–H and O–H groups in total. The molecule has 2 fully saturated rings. The summed E-state index contributed by atoms with van der Waals surface area (Å²) in [6.45, 7) is 0. The highest BCUT2D eigenvalue weighted by atomic mass is 35.5. The number of pyridine rings is 1. The molecule has 7 nitrogen and oxygen atoms in total. The number of rotatable bonds is 4. The van der Waals surface area contributed by atoms with E-state index in [2.05, 4.69) is 20.4 Å². The molecule has 4 rings (SSSR count). The number of amides is 2. The lowest BCUT2D eigenvalue weighted by Gasteiger charge is -2.27. The molecule has 0 unspecified atom stereocenters. The van der Waals surface area contributed by atoms with Crippen molar-refractivity contribution in [1.29, 1.82) is 0 Å². The van der Waals surface area contributed by atoms with Crippen molar-refractivity contribution in [2.75, 3.05) is 17.7 Å². The molecule has 2 aliphatic rings. The number of benzene rings is 1. The van der Waals surface area contributed by atoms with E-state index in [1.54, 1.807) is 30.5 Å².